The van der Waals surface area contributed by atoms with Crippen LogP contribution < -0.4 is 15.0 Å². The first-order valence-electron chi connectivity index (χ1n) is 22.8. The summed E-state index contributed by atoms with van der Waals surface area (Å²) in [7, 11) is 9.88. The van der Waals surface area contributed by atoms with E-state index in [0.29, 0.717) is 29.5 Å². The number of hydrogen-bond donors (Lipinski definition) is 2. The number of fused-ring (bicyclic) bond motifs is 5. The Hall–Kier alpha value is -2.95. The topological polar surface area (TPSA) is 156 Å². The second-order valence-corrected chi connectivity index (χ2v) is 22.2. The molecule has 0 radical (unpaired) electrons. The van der Waals surface area contributed by atoms with Gasteiger partial charge in [-0.1, -0.05) is 110 Å². The fourth-order valence-corrected chi connectivity index (χ4v) is 11.8. The summed E-state index contributed by atoms with van der Waals surface area (Å²) in [5, 5.41) is 15.2. The fourth-order valence-electron chi connectivity index (χ4n) is 8.34. The third-order valence-electron chi connectivity index (χ3n) is 13.0. The van der Waals surface area contributed by atoms with E-state index in [2.05, 4.69) is 33.0 Å². The number of alkyl carbamates (subject to hydrolysis) is 1. The van der Waals surface area contributed by atoms with Crippen LogP contribution in [0.5, 0.6) is 5.75 Å². The lowest BCUT2D eigenvalue weighted by Crippen LogP contribution is -2.63. The van der Waals surface area contributed by atoms with E-state index in [0.717, 1.165) is 17.6 Å². The molecular formula is C48H74ClN3O10S2. The van der Waals surface area contributed by atoms with Crippen LogP contribution in [0.4, 0.5) is 10.5 Å². The minimum absolute atomic E-state index is 0.0477. The van der Waals surface area contributed by atoms with Crippen LogP contribution in [-0.2, 0) is 39.8 Å². The molecular weight excluding hydrogens is 878 g/mol. The maximum absolute atomic E-state index is 14.3. The highest BCUT2D eigenvalue weighted by Gasteiger charge is 2.64. The van der Waals surface area contributed by atoms with E-state index in [9.17, 15) is 24.3 Å². The van der Waals surface area contributed by atoms with Gasteiger partial charge in [-0.2, -0.15) is 0 Å². The molecule has 16 heteroatoms. The monoisotopic (exact) mass is 951 g/mol. The highest BCUT2D eigenvalue weighted by Crippen LogP contribution is 2.49. The van der Waals surface area contributed by atoms with Crippen molar-refractivity contribution >= 4 is 62.8 Å². The number of epoxide rings is 1. The molecule has 2 unspecified atom stereocenters. The second kappa shape index (κ2) is 23.7. The van der Waals surface area contributed by atoms with E-state index in [-0.39, 0.29) is 34.9 Å². The maximum atomic E-state index is 14.3. The van der Waals surface area contributed by atoms with Gasteiger partial charge in [0.2, 0.25) is 11.8 Å². The first kappa shape index (κ1) is 53.7. The Morgan fingerprint density at radius 3 is 2.52 bits per heavy atom. The van der Waals surface area contributed by atoms with E-state index >= 15 is 0 Å². The number of aliphatic hydroxyl groups is 1. The summed E-state index contributed by atoms with van der Waals surface area (Å²) in [6, 6.07) is 2.64. The van der Waals surface area contributed by atoms with Crippen molar-refractivity contribution in [2.75, 3.05) is 33.2 Å². The van der Waals surface area contributed by atoms with Gasteiger partial charge in [0.05, 0.1) is 25.3 Å². The van der Waals surface area contributed by atoms with Crippen molar-refractivity contribution in [1.82, 2.24) is 10.2 Å². The van der Waals surface area contributed by atoms with Gasteiger partial charge in [0, 0.05) is 50.0 Å². The van der Waals surface area contributed by atoms with Gasteiger partial charge in [0.15, 0.2) is 5.72 Å². The number of ether oxygens (including phenoxy) is 5. The summed E-state index contributed by atoms with van der Waals surface area (Å²) < 4.78 is 29.4. The third kappa shape index (κ3) is 14.0. The zero-order valence-electron chi connectivity index (χ0n) is 40.1. The lowest BCUT2D eigenvalue weighted by Gasteiger charge is -2.42. The second-order valence-electron chi connectivity index (χ2n) is 18.6. The van der Waals surface area contributed by atoms with Crippen LogP contribution in [0.1, 0.15) is 132 Å². The summed E-state index contributed by atoms with van der Waals surface area (Å²) in [4.78, 5) is 57.9. The number of likely N-dealkylation sites (N-methyl/N-ethyl adjacent to an activating group) is 1. The lowest BCUT2D eigenvalue weighted by atomic mass is 9.83. The van der Waals surface area contributed by atoms with Crippen molar-refractivity contribution in [2.45, 2.75) is 184 Å². The number of halogens is 1. The highest BCUT2D eigenvalue weighted by molar-refractivity contribution is 8.77. The average Bonchev–Trinajstić information content (AvgIpc) is 3.95. The summed E-state index contributed by atoms with van der Waals surface area (Å²) in [6.45, 7) is 15.9. The number of carbonyl (C=O) groups is 4. The predicted octanol–water partition coefficient (Wildman–Crippen LogP) is 9.59. The van der Waals surface area contributed by atoms with Crippen LogP contribution in [0.3, 0.4) is 0 Å². The molecule has 3 aliphatic rings. The van der Waals surface area contributed by atoms with Crippen LogP contribution in [0.2, 0.25) is 5.02 Å². The Kier molecular flexibility index (Phi) is 19.8. The average molecular weight is 953 g/mol. The van der Waals surface area contributed by atoms with E-state index in [1.807, 2.05) is 47.6 Å². The Morgan fingerprint density at radius 1 is 1.16 bits per heavy atom. The summed E-state index contributed by atoms with van der Waals surface area (Å²) in [5.74, 6) is -1.47. The van der Waals surface area contributed by atoms with Gasteiger partial charge in [-0.3, -0.25) is 14.9 Å². The van der Waals surface area contributed by atoms with Gasteiger partial charge in [0.25, 0.3) is 0 Å². The molecule has 2 N–H and O–H groups in total. The normalized spacial score (nSPS) is 28.7. The van der Waals surface area contributed by atoms with Crippen molar-refractivity contribution < 1.29 is 48.0 Å². The first-order chi connectivity index (χ1) is 30.1. The molecule has 9 atom stereocenters. The molecule has 2 fully saturated rings. The summed E-state index contributed by atoms with van der Waals surface area (Å²) >= 11 is 6.83. The van der Waals surface area contributed by atoms with Crippen molar-refractivity contribution in [3.8, 4) is 5.75 Å². The summed E-state index contributed by atoms with van der Waals surface area (Å²) in [6.07, 6.45) is 10.5. The molecule has 2 saturated heterocycles. The molecule has 0 aliphatic carbocycles. The van der Waals surface area contributed by atoms with Crippen LogP contribution in [0.25, 0.3) is 0 Å². The highest BCUT2D eigenvalue weighted by atomic mass is 35.5. The number of unbranched alkanes of at least 4 members (excludes halogenated alkanes) is 4. The Labute approximate surface area is 394 Å². The molecule has 4 rings (SSSR count). The molecule has 360 valence electrons. The number of methoxy groups -OCH3 is 2. The molecule has 0 spiro atoms. The van der Waals surface area contributed by atoms with Crippen LogP contribution in [-0.4, -0.2) is 114 Å². The van der Waals surface area contributed by atoms with Gasteiger partial charge < -0.3 is 38.6 Å². The Balaban J connectivity index is 1.57. The van der Waals surface area contributed by atoms with Crippen LogP contribution >= 0.6 is 33.2 Å². The molecule has 1 aromatic rings. The van der Waals surface area contributed by atoms with E-state index < -0.39 is 65.7 Å². The molecule has 0 saturated carbocycles. The smallest absolute Gasteiger partial charge is 0.409 e. The minimum atomic E-state index is -1.83. The minimum Gasteiger partial charge on any atom is -0.495 e. The first-order valence-corrected chi connectivity index (χ1v) is 25.4. The van der Waals surface area contributed by atoms with Gasteiger partial charge in [-0.15, -0.1) is 0 Å². The number of amides is 3. The lowest BCUT2D eigenvalue weighted by molar-refractivity contribution is -0.162. The van der Waals surface area contributed by atoms with Crippen LogP contribution in [0, 0.1) is 5.92 Å². The van der Waals surface area contributed by atoms with Gasteiger partial charge in [0.1, 0.15) is 40.7 Å². The number of hydrogen-bond acceptors (Lipinski definition) is 12. The van der Waals surface area contributed by atoms with Crippen molar-refractivity contribution in [3.05, 3.63) is 46.5 Å². The van der Waals surface area contributed by atoms with Crippen molar-refractivity contribution in [3.63, 3.8) is 0 Å². The Morgan fingerprint density at radius 2 is 1.86 bits per heavy atom. The number of rotatable bonds is 18. The van der Waals surface area contributed by atoms with Gasteiger partial charge >= 0.3 is 12.1 Å². The quantitative estimate of drug-likeness (QED) is 0.0623. The number of nitrogens with one attached hydrogen (secondary N) is 1. The van der Waals surface area contributed by atoms with Gasteiger partial charge in [-0.25, -0.2) is 9.59 Å². The van der Waals surface area contributed by atoms with Crippen molar-refractivity contribution in [2.24, 2.45) is 5.92 Å². The molecule has 1 aromatic carbocycles. The number of nitrogens with zero attached hydrogens (tertiary/aromatic N) is 2. The summed E-state index contributed by atoms with van der Waals surface area (Å²) in [5.41, 5.74) is -0.903. The number of carbonyl (C=O) groups excluding carboxylic acids is 4. The number of anilines is 1. The maximum Gasteiger partial charge on any atom is 0.409 e. The molecule has 64 heavy (non-hydrogen) atoms. The van der Waals surface area contributed by atoms with Crippen LogP contribution in [0.15, 0.2) is 35.9 Å². The molecule has 3 aliphatic heterocycles. The molecule has 13 nitrogen and oxygen atoms in total. The molecule has 3 amide bonds. The zero-order valence-corrected chi connectivity index (χ0v) is 42.5. The van der Waals surface area contributed by atoms with E-state index in [1.54, 1.807) is 46.2 Å². The SMILES string of the molecule is CCCCCCCC(CC)SSC(C)(C)CCC(=O)N(C)[C@@H](C)C(=O)O[C@H]1CC(=O)N(C)c2cc(cc(OC)c2Cl)C/C(C)=C/C=C/[C@@H](OC)[C@@]2(O)CC(OC(=O)N2)[C@@H](C)[C@@H]2O[C@@]12C. The largest absolute Gasteiger partial charge is 0.495 e. The van der Waals surface area contributed by atoms with E-state index in [4.69, 9.17) is 35.3 Å². The standard InChI is InChI=1S/C48H74ClN3O10S2/c1-13-15-16-17-18-21-34(14-2)63-64-46(6,7)24-23-40(53)51(9)32(5)44(55)61-39-28-41(54)52(10)35-26-33(27-36(58-11)42(35)49)25-30(3)20-19-22-38(59-12)48(57)29-37(60-45(56)50-48)31(4)43-47(39,8)62-43/h19-20,22,26-27,31-32,34,37-39,43,57H,13-18,21,23-25,28-29H2,1-12H3,(H,50,56)/b22-19+,30-20+/t31-,32+,34?,37?,38-,39+,43+,47+,48+/m1/s1. The predicted molar refractivity (Wildman–Crippen MR) is 257 cm³/mol. The van der Waals surface area contributed by atoms with Gasteiger partial charge in [-0.05, 0) is 78.0 Å². The van der Waals surface area contributed by atoms with Crippen molar-refractivity contribution in [1.29, 1.82) is 0 Å². The number of esters is 1. The van der Waals surface area contributed by atoms with E-state index in [1.165, 1.54) is 62.5 Å². The zero-order chi connectivity index (χ0) is 47.6. The number of allylic oxidation sites excluding steroid dienone is 3. The third-order valence-corrected chi connectivity index (χ3v) is 17.4. The molecule has 0 aromatic heterocycles. The molecule has 4 bridgehead atoms. The fraction of sp³-hybridized carbons (Fsp3) is 0.708. The molecule has 3 heterocycles. The Bertz CT molecular complexity index is 1850. The number of benzene rings is 1.